The molecule has 0 bridgehead atoms. The summed E-state index contributed by atoms with van der Waals surface area (Å²) in [5.41, 5.74) is -0.551. The first-order valence-corrected chi connectivity index (χ1v) is 5.10. The summed E-state index contributed by atoms with van der Waals surface area (Å²) in [6, 6.07) is 0. The highest BCUT2D eigenvalue weighted by molar-refractivity contribution is 4.89. The molecule has 0 aromatic heterocycles. The molecule has 0 aromatic carbocycles. The number of aliphatic hydroxyl groups is 1. The third-order valence-electron chi connectivity index (χ3n) is 3.14. The van der Waals surface area contributed by atoms with Crippen molar-refractivity contribution in [2.45, 2.75) is 37.9 Å². The Morgan fingerprint density at radius 1 is 1.38 bits per heavy atom. The lowest BCUT2D eigenvalue weighted by molar-refractivity contribution is -0.0615. The minimum Gasteiger partial charge on any atom is -0.390 e. The van der Waals surface area contributed by atoms with E-state index in [2.05, 4.69) is 0 Å². The molecule has 2 saturated heterocycles. The van der Waals surface area contributed by atoms with Gasteiger partial charge in [-0.2, -0.15) is 0 Å². The summed E-state index contributed by atoms with van der Waals surface area (Å²) in [5, 5.41) is 10.2. The number of epoxide rings is 1. The van der Waals surface area contributed by atoms with Crippen LogP contribution in [0.15, 0.2) is 0 Å². The van der Waals surface area contributed by atoms with Gasteiger partial charge in [-0.15, -0.1) is 0 Å². The van der Waals surface area contributed by atoms with Crippen molar-refractivity contribution in [3.8, 4) is 0 Å². The Morgan fingerprint density at radius 3 is 2.54 bits per heavy atom. The summed E-state index contributed by atoms with van der Waals surface area (Å²) in [7, 11) is 0. The predicted octanol–water partition coefficient (Wildman–Crippen LogP) is 0.953. The molecule has 0 radical (unpaired) electrons. The van der Waals surface area contributed by atoms with E-state index < -0.39 is 5.60 Å². The lowest BCUT2D eigenvalue weighted by Gasteiger charge is -2.35. The van der Waals surface area contributed by atoms with E-state index >= 15 is 0 Å². The summed E-state index contributed by atoms with van der Waals surface area (Å²) in [4.78, 5) is 0. The van der Waals surface area contributed by atoms with Crippen LogP contribution in [0.3, 0.4) is 0 Å². The van der Waals surface area contributed by atoms with Crippen molar-refractivity contribution >= 4 is 0 Å². The van der Waals surface area contributed by atoms with Gasteiger partial charge < -0.3 is 14.6 Å². The summed E-state index contributed by atoms with van der Waals surface area (Å²) in [6.45, 7) is 4.36. The molecule has 2 heterocycles. The SMILES string of the molecule is C[C@@](O)(C[C@H]1CO1)C1CCOCC1. The van der Waals surface area contributed by atoms with E-state index in [0.717, 1.165) is 39.1 Å². The van der Waals surface area contributed by atoms with Gasteiger partial charge in [0.25, 0.3) is 0 Å². The first kappa shape index (κ1) is 9.44. The lowest BCUT2D eigenvalue weighted by Crippen LogP contribution is -2.39. The predicted molar refractivity (Wildman–Crippen MR) is 48.5 cm³/mol. The molecule has 0 unspecified atom stereocenters. The molecule has 13 heavy (non-hydrogen) atoms. The maximum atomic E-state index is 10.2. The van der Waals surface area contributed by atoms with E-state index in [9.17, 15) is 5.11 Å². The van der Waals surface area contributed by atoms with E-state index in [-0.39, 0.29) is 0 Å². The van der Waals surface area contributed by atoms with Crippen molar-refractivity contribution in [1.29, 1.82) is 0 Å². The summed E-state index contributed by atoms with van der Waals surface area (Å²) in [6.07, 6.45) is 3.08. The number of rotatable bonds is 3. The Kier molecular flexibility index (Phi) is 2.58. The highest BCUT2D eigenvalue weighted by Gasteiger charge is 2.39. The average molecular weight is 186 g/mol. The van der Waals surface area contributed by atoms with Gasteiger partial charge in [0.05, 0.1) is 18.3 Å². The van der Waals surface area contributed by atoms with E-state index in [1.807, 2.05) is 6.92 Å². The quantitative estimate of drug-likeness (QED) is 0.667. The van der Waals surface area contributed by atoms with Gasteiger partial charge in [0.1, 0.15) is 0 Å². The molecule has 3 heteroatoms. The zero-order valence-electron chi connectivity index (χ0n) is 8.16. The molecule has 1 N–H and O–H groups in total. The first-order valence-electron chi connectivity index (χ1n) is 5.10. The highest BCUT2D eigenvalue weighted by atomic mass is 16.6. The second kappa shape index (κ2) is 3.56. The number of hydrogen-bond donors (Lipinski definition) is 1. The molecule has 2 aliphatic rings. The second-order valence-electron chi connectivity index (χ2n) is 4.40. The normalized spacial score (nSPS) is 34.2. The van der Waals surface area contributed by atoms with E-state index in [4.69, 9.17) is 9.47 Å². The summed E-state index contributed by atoms with van der Waals surface area (Å²) < 4.78 is 10.4. The van der Waals surface area contributed by atoms with Crippen LogP contribution < -0.4 is 0 Å². The fourth-order valence-electron chi connectivity index (χ4n) is 2.13. The maximum absolute atomic E-state index is 10.2. The molecule has 0 saturated carbocycles. The Morgan fingerprint density at radius 2 is 2.00 bits per heavy atom. The van der Waals surface area contributed by atoms with Crippen molar-refractivity contribution in [1.82, 2.24) is 0 Å². The van der Waals surface area contributed by atoms with Crippen LogP contribution in [0.5, 0.6) is 0 Å². The zero-order valence-corrected chi connectivity index (χ0v) is 8.16. The largest absolute Gasteiger partial charge is 0.390 e. The fraction of sp³-hybridized carbons (Fsp3) is 1.00. The second-order valence-corrected chi connectivity index (χ2v) is 4.40. The fourth-order valence-corrected chi connectivity index (χ4v) is 2.13. The van der Waals surface area contributed by atoms with Crippen LogP contribution >= 0.6 is 0 Å². The monoisotopic (exact) mass is 186 g/mol. The molecule has 2 aliphatic heterocycles. The Bertz CT molecular complexity index is 169. The van der Waals surface area contributed by atoms with E-state index in [0.29, 0.717) is 12.0 Å². The van der Waals surface area contributed by atoms with Crippen molar-refractivity contribution in [3.05, 3.63) is 0 Å². The lowest BCUT2D eigenvalue weighted by atomic mass is 9.80. The van der Waals surface area contributed by atoms with E-state index in [1.54, 1.807) is 0 Å². The molecule has 0 aliphatic carbocycles. The van der Waals surface area contributed by atoms with Crippen molar-refractivity contribution in [2.24, 2.45) is 5.92 Å². The molecule has 2 atom stereocenters. The maximum Gasteiger partial charge on any atom is 0.0837 e. The van der Waals surface area contributed by atoms with Gasteiger partial charge in [-0.25, -0.2) is 0 Å². The molecular formula is C10H18O3. The molecule has 0 spiro atoms. The minimum atomic E-state index is -0.551. The molecule has 0 aromatic rings. The minimum absolute atomic E-state index is 0.317. The molecule has 76 valence electrons. The molecule has 0 amide bonds. The first-order chi connectivity index (χ1) is 6.18. The number of ether oxygens (including phenoxy) is 2. The third-order valence-corrected chi connectivity index (χ3v) is 3.14. The third kappa shape index (κ3) is 2.42. The highest BCUT2D eigenvalue weighted by Crippen LogP contribution is 2.33. The van der Waals surface area contributed by atoms with Gasteiger partial charge >= 0.3 is 0 Å². The van der Waals surface area contributed by atoms with E-state index in [1.165, 1.54) is 0 Å². The summed E-state index contributed by atoms with van der Waals surface area (Å²) in [5.74, 6) is 0.394. The zero-order chi connectivity index (χ0) is 9.31. The van der Waals surface area contributed by atoms with Gasteiger partial charge in [-0.1, -0.05) is 0 Å². The smallest absolute Gasteiger partial charge is 0.0837 e. The molecular weight excluding hydrogens is 168 g/mol. The Balaban J connectivity index is 1.86. The van der Waals surface area contributed by atoms with Crippen molar-refractivity contribution in [3.63, 3.8) is 0 Å². The Labute approximate surface area is 79.0 Å². The van der Waals surface area contributed by atoms with Crippen LogP contribution in [0.25, 0.3) is 0 Å². The van der Waals surface area contributed by atoms with Crippen molar-refractivity contribution < 1.29 is 14.6 Å². The molecule has 3 nitrogen and oxygen atoms in total. The standard InChI is InChI=1S/C10H18O3/c1-10(11,6-9-7-13-9)8-2-4-12-5-3-8/h8-9,11H,2-7H2,1H3/t9-,10+/m0/s1. The van der Waals surface area contributed by atoms with Gasteiger partial charge in [0, 0.05) is 19.6 Å². The topological polar surface area (TPSA) is 42.0 Å². The van der Waals surface area contributed by atoms with Gasteiger partial charge in [0.15, 0.2) is 0 Å². The van der Waals surface area contributed by atoms with Crippen LogP contribution in [-0.4, -0.2) is 36.6 Å². The number of hydrogen-bond acceptors (Lipinski definition) is 3. The van der Waals surface area contributed by atoms with Gasteiger partial charge in [-0.05, 0) is 25.7 Å². The van der Waals surface area contributed by atoms with Crippen molar-refractivity contribution in [2.75, 3.05) is 19.8 Å². The van der Waals surface area contributed by atoms with Crippen LogP contribution in [0.1, 0.15) is 26.2 Å². The van der Waals surface area contributed by atoms with Crippen LogP contribution in [0.2, 0.25) is 0 Å². The summed E-state index contributed by atoms with van der Waals surface area (Å²) >= 11 is 0. The molecule has 2 rings (SSSR count). The van der Waals surface area contributed by atoms with Crippen LogP contribution in [0, 0.1) is 5.92 Å². The van der Waals surface area contributed by atoms with Gasteiger partial charge in [0.2, 0.25) is 0 Å². The average Bonchev–Trinajstić information content (AvgIpc) is 2.89. The van der Waals surface area contributed by atoms with Gasteiger partial charge in [-0.3, -0.25) is 0 Å². The van der Waals surface area contributed by atoms with Crippen LogP contribution in [0.4, 0.5) is 0 Å². The Hall–Kier alpha value is -0.120. The molecule has 2 fully saturated rings. The van der Waals surface area contributed by atoms with Crippen LogP contribution in [-0.2, 0) is 9.47 Å².